The topological polar surface area (TPSA) is 12.0 Å². The van der Waals surface area contributed by atoms with E-state index >= 15 is 0 Å². The van der Waals surface area contributed by atoms with E-state index in [1.54, 1.807) is 0 Å². The molecular formula is C14H8F3NS2. The maximum Gasteiger partial charge on any atom is 0.416 e. The van der Waals surface area contributed by atoms with Gasteiger partial charge >= 0.3 is 6.18 Å². The second-order valence-corrected chi connectivity index (χ2v) is 5.75. The van der Waals surface area contributed by atoms with Gasteiger partial charge in [-0.25, -0.2) is 0 Å². The van der Waals surface area contributed by atoms with E-state index in [2.05, 4.69) is 5.32 Å². The summed E-state index contributed by atoms with van der Waals surface area (Å²) in [5, 5.41) is 3.07. The average molecular weight is 311 g/mol. The monoisotopic (exact) mass is 311 g/mol. The highest BCUT2D eigenvalue weighted by molar-refractivity contribution is 7.99. The molecule has 0 atom stereocenters. The van der Waals surface area contributed by atoms with Crippen LogP contribution in [0.15, 0.2) is 52.3 Å². The third kappa shape index (κ3) is 2.41. The van der Waals surface area contributed by atoms with Gasteiger partial charge in [0.15, 0.2) is 0 Å². The molecule has 20 heavy (non-hydrogen) atoms. The predicted octanol–water partition coefficient (Wildman–Crippen LogP) is 4.96. The van der Waals surface area contributed by atoms with E-state index in [-0.39, 0.29) is 0 Å². The Morgan fingerprint density at radius 2 is 1.75 bits per heavy atom. The molecule has 0 unspecified atom stereocenters. The molecule has 0 saturated carbocycles. The van der Waals surface area contributed by atoms with Crippen LogP contribution in [0.3, 0.4) is 0 Å². The van der Waals surface area contributed by atoms with Crippen molar-refractivity contribution in [1.29, 1.82) is 0 Å². The lowest BCUT2D eigenvalue weighted by atomic mass is 10.1. The lowest BCUT2D eigenvalue weighted by molar-refractivity contribution is -0.137. The van der Waals surface area contributed by atoms with Crippen LogP contribution in [0, 0.1) is 0 Å². The van der Waals surface area contributed by atoms with Crippen molar-refractivity contribution in [2.75, 3.05) is 5.32 Å². The van der Waals surface area contributed by atoms with Crippen LogP contribution < -0.4 is 5.32 Å². The average Bonchev–Trinajstić information content (AvgIpc) is 2.53. The van der Waals surface area contributed by atoms with E-state index in [0.717, 1.165) is 22.7 Å². The molecule has 0 spiro atoms. The molecule has 0 fully saturated rings. The van der Waals surface area contributed by atoms with Gasteiger partial charge in [-0.05, 0) is 24.3 Å². The number of fused-ring (bicyclic) bond motifs is 2. The summed E-state index contributed by atoms with van der Waals surface area (Å²) in [4.78, 5) is 1.81. The number of nitrogens with one attached hydrogen (secondary N) is 1. The minimum Gasteiger partial charge on any atom is -0.345 e. The van der Waals surface area contributed by atoms with Crippen molar-refractivity contribution in [3.05, 3.63) is 53.6 Å². The Balaban J connectivity index is 2.13. The minimum absolute atomic E-state index is 0.436. The molecule has 0 amide bonds. The predicted molar refractivity (Wildman–Crippen MR) is 77.3 cm³/mol. The maximum absolute atomic E-state index is 12.8. The van der Waals surface area contributed by atoms with Gasteiger partial charge in [-0.2, -0.15) is 13.2 Å². The van der Waals surface area contributed by atoms with Gasteiger partial charge in [0.2, 0.25) is 0 Å². The molecule has 0 aliphatic carbocycles. The fraction of sp³-hybridized carbons (Fsp3) is 0.0714. The Bertz CT molecular complexity index is 695. The number of hydrogen-bond acceptors (Lipinski definition) is 2. The first-order valence-electron chi connectivity index (χ1n) is 5.74. The summed E-state index contributed by atoms with van der Waals surface area (Å²) >= 11 is 6.54. The Hall–Kier alpha value is -1.53. The summed E-state index contributed by atoms with van der Waals surface area (Å²) in [6.45, 7) is 0. The molecule has 1 aliphatic rings. The van der Waals surface area contributed by atoms with Gasteiger partial charge in [-0.3, -0.25) is 0 Å². The summed E-state index contributed by atoms with van der Waals surface area (Å²) < 4.78 is 38.4. The van der Waals surface area contributed by atoms with Crippen molar-refractivity contribution in [2.45, 2.75) is 16.0 Å². The molecule has 1 N–H and O–H groups in total. The highest BCUT2D eigenvalue weighted by atomic mass is 32.2. The molecule has 2 aromatic carbocycles. The number of rotatable bonds is 0. The number of halogens is 3. The molecule has 0 saturated heterocycles. The summed E-state index contributed by atoms with van der Waals surface area (Å²) in [6.07, 6.45) is -4.35. The second kappa shape index (κ2) is 4.79. The van der Waals surface area contributed by atoms with E-state index in [9.17, 15) is 13.2 Å². The van der Waals surface area contributed by atoms with E-state index in [1.807, 2.05) is 24.3 Å². The largest absolute Gasteiger partial charge is 0.416 e. The van der Waals surface area contributed by atoms with Gasteiger partial charge < -0.3 is 5.32 Å². The van der Waals surface area contributed by atoms with Crippen molar-refractivity contribution in [2.24, 2.45) is 0 Å². The van der Waals surface area contributed by atoms with E-state index < -0.39 is 11.7 Å². The second-order valence-electron chi connectivity index (χ2n) is 4.26. The fourth-order valence-corrected chi connectivity index (χ4v) is 3.37. The lowest BCUT2D eigenvalue weighted by Gasteiger charge is -2.11. The van der Waals surface area contributed by atoms with Crippen molar-refractivity contribution >= 4 is 34.7 Å². The molecule has 1 heterocycles. The van der Waals surface area contributed by atoms with Crippen molar-refractivity contribution in [3.63, 3.8) is 0 Å². The van der Waals surface area contributed by atoms with Gasteiger partial charge in [0, 0.05) is 15.4 Å². The number of hydrogen-bond donors (Lipinski definition) is 1. The van der Waals surface area contributed by atoms with Crippen molar-refractivity contribution in [3.8, 4) is 0 Å². The molecule has 1 aliphatic heterocycles. The summed E-state index contributed by atoms with van der Waals surface area (Å²) in [5.74, 6) is 0. The van der Waals surface area contributed by atoms with Crippen LogP contribution in [-0.4, -0.2) is 4.99 Å². The minimum atomic E-state index is -4.35. The van der Waals surface area contributed by atoms with Gasteiger partial charge in [0.05, 0.1) is 11.3 Å². The lowest BCUT2D eigenvalue weighted by Crippen LogP contribution is -2.11. The summed E-state index contributed by atoms with van der Waals surface area (Å²) in [7, 11) is 0. The fourth-order valence-electron chi connectivity index (χ4n) is 1.94. The van der Waals surface area contributed by atoms with Crippen LogP contribution in [0.1, 0.15) is 11.1 Å². The van der Waals surface area contributed by atoms with Crippen LogP contribution in [0.4, 0.5) is 18.9 Å². The van der Waals surface area contributed by atoms with Crippen LogP contribution in [0.2, 0.25) is 0 Å². The first-order valence-corrected chi connectivity index (χ1v) is 6.97. The van der Waals surface area contributed by atoms with E-state index in [0.29, 0.717) is 15.4 Å². The molecule has 1 nitrogen and oxygen atoms in total. The zero-order chi connectivity index (χ0) is 14.3. The first kappa shape index (κ1) is 13.5. The van der Waals surface area contributed by atoms with Gasteiger partial charge in [-0.15, -0.1) is 0 Å². The highest BCUT2D eigenvalue weighted by Crippen LogP contribution is 2.41. The van der Waals surface area contributed by atoms with Crippen LogP contribution >= 0.6 is 24.0 Å². The van der Waals surface area contributed by atoms with Crippen LogP contribution in [0.25, 0.3) is 0 Å². The highest BCUT2D eigenvalue weighted by Gasteiger charge is 2.31. The molecule has 6 heteroatoms. The third-order valence-electron chi connectivity index (χ3n) is 2.91. The normalized spacial score (nSPS) is 14.1. The molecule has 0 bridgehead atoms. The molecule has 0 aromatic heterocycles. The van der Waals surface area contributed by atoms with Crippen molar-refractivity contribution in [1.82, 2.24) is 0 Å². The standard InChI is InChI=1S/C14H8F3NS2/c15-14(16,17)8-5-6-9-12(7-8)20-11-4-2-1-3-10(11)18-13(9)19/h1-7H,(H,18,19). The zero-order valence-electron chi connectivity index (χ0n) is 9.99. The number of anilines is 1. The Morgan fingerprint density at radius 1 is 1.00 bits per heavy atom. The van der Waals surface area contributed by atoms with Crippen molar-refractivity contribution < 1.29 is 13.2 Å². The van der Waals surface area contributed by atoms with E-state index in [1.165, 1.54) is 17.8 Å². The van der Waals surface area contributed by atoms with Crippen LogP contribution in [-0.2, 0) is 6.18 Å². The quantitative estimate of drug-likeness (QED) is 0.691. The Morgan fingerprint density at radius 3 is 2.50 bits per heavy atom. The van der Waals surface area contributed by atoms with Gasteiger partial charge in [0.25, 0.3) is 0 Å². The van der Waals surface area contributed by atoms with Gasteiger partial charge in [0.1, 0.15) is 4.99 Å². The van der Waals surface area contributed by atoms with E-state index in [4.69, 9.17) is 12.2 Å². The zero-order valence-corrected chi connectivity index (χ0v) is 11.6. The molecule has 0 radical (unpaired) electrons. The number of para-hydroxylation sites is 1. The first-order chi connectivity index (χ1) is 9.45. The third-order valence-corrected chi connectivity index (χ3v) is 4.36. The Labute approximate surface area is 123 Å². The maximum atomic E-state index is 12.8. The smallest absolute Gasteiger partial charge is 0.345 e. The molecule has 102 valence electrons. The van der Waals surface area contributed by atoms with Crippen LogP contribution in [0.5, 0.6) is 0 Å². The SMILES string of the molecule is FC(F)(F)c1ccc2c(c1)Sc1ccccc1NC2=S. The number of thiocarbonyl (C=S) groups is 1. The summed E-state index contributed by atoms with van der Waals surface area (Å²) in [5.41, 5.74) is 0.771. The summed E-state index contributed by atoms with van der Waals surface area (Å²) in [6, 6.07) is 11.0. The Kier molecular flexibility index (Phi) is 3.22. The van der Waals surface area contributed by atoms with Gasteiger partial charge in [-0.1, -0.05) is 42.2 Å². The number of alkyl halides is 3. The number of benzene rings is 2. The molecule has 2 aromatic rings. The molecular weight excluding hydrogens is 303 g/mol. The molecule has 3 rings (SSSR count).